The van der Waals surface area contributed by atoms with Gasteiger partial charge >= 0.3 is 0 Å². The summed E-state index contributed by atoms with van der Waals surface area (Å²) in [5.74, 6) is 0.262. The summed E-state index contributed by atoms with van der Waals surface area (Å²) in [6.07, 6.45) is 0. The molecule has 0 fully saturated rings. The molecule has 0 aromatic heterocycles. The van der Waals surface area contributed by atoms with E-state index in [0.717, 1.165) is 5.69 Å². The minimum atomic E-state index is -0.262. The molecule has 0 spiro atoms. The third-order valence-electron chi connectivity index (χ3n) is 3.00. The number of anilines is 2. The van der Waals surface area contributed by atoms with E-state index in [0.29, 0.717) is 23.5 Å². The fraction of sp³-hybridized carbons (Fsp3) is 0.200. The molecule has 2 aromatic rings. The highest BCUT2D eigenvalue weighted by molar-refractivity contribution is 5.53. The third-order valence-corrected chi connectivity index (χ3v) is 3.00. The molecular formula is C15H17FN2O. The Morgan fingerprint density at radius 2 is 1.84 bits per heavy atom. The van der Waals surface area contributed by atoms with Gasteiger partial charge in [0.25, 0.3) is 0 Å². The Bertz CT molecular complexity index is 555. The molecule has 2 N–H and O–H groups in total. The van der Waals surface area contributed by atoms with Crippen LogP contribution in [-0.4, -0.2) is 14.2 Å². The molecule has 0 radical (unpaired) electrons. The molecular weight excluding hydrogens is 243 g/mol. The summed E-state index contributed by atoms with van der Waals surface area (Å²) in [5, 5.41) is 0. The number of nitrogens with two attached hydrogens (primary N) is 1. The van der Waals surface area contributed by atoms with Gasteiger partial charge in [0.1, 0.15) is 11.6 Å². The lowest BCUT2D eigenvalue weighted by Gasteiger charge is -2.20. The second-order valence-corrected chi connectivity index (χ2v) is 4.40. The maximum Gasteiger partial charge on any atom is 0.131 e. The number of halogens is 1. The van der Waals surface area contributed by atoms with Crippen LogP contribution in [0.5, 0.6) is 5.75 Å². The quantitative estimate of drug-likeness (QED) is 0.859. The standard InChI is InChI=1S/C15H17FN2O/c1-18(13-6-4-12(17)5-7-13)10-11-3-8-14(19-2)9-15(11)16/h3-9H,10,17H2,1-2H3. The summed E-state index contributed by atoms with van der Waals surface area (Å²) in [6, 6.07) is 12.4. The van der Waals surface area contributed by atoms with Crippen molar-refractivity contribution >= 4 is 11.4 Å². The zero-order valence-corrected chi connectivity index (χ0v) is 11.1. The van der Waals surface area contributed by atoms with E-state index in [1.165, 1.54) is 13.2 Å². The third kappa shape index (κ3) is 3.16. The van der Waals surface area contributed by atoms with Gasteiger partial charge < -0.3 is 15.4 Å². The van der Waals surface area contributed by atoms with E-state index in [4.69, 9.17) is 10.5 Å². The van der Waals surface area contributed by atoms with Gasteiger partial charge in [-0.1, -0.05) is 6.07 Å². The van der Waals surface area contributed by atoms with Crippen LogP contribution in [0.25, 0.3) is 0 Å². The highest BCUT2D eigenvalue weighted by Crippen LogP contribution is 2.21. The van der Waals surface area contributed by atoms with E-state index >= 15 is 0 Å². The van der Waals surface area contributed by atoms with Gasteiger partial charge in [-0.05, 0) is 30.3 Å². The van der Waals surface area contributed by atoms with Crippen molar-refractivity contribution in [2.45, 2.75) is 6.54 Å². The molecule has 0 saturated carbocycles. The molecule has 2 aromatic carbocycles. The van der Waals surface area contributed by atoms with E-state index in [9.17, 15) is 4.39 Å². The Labute approximate surface area is 112 Å². The molecule has 0 aliphatic carbocycles. The van der Waals surface area contributed by atoms with Gasteiger partial charge in [-0.2, -0.15) is 0 Å². The summed E-state index contributed by atoms with van der Waals surface area (Å²) >= 11 is 0. The summed E-state index contributed by atoms with van der Waals surface area (Å²) in [6.45, 7) is 0.486. The van der Waals surface area contributed by atoms with Crippen LogP contribution in [-0.2, 0) is 6.54 Å². The van der Waals surface area contributed by atoms with Crippen LogP contribution in [0.4, 0.5) is 15.8 Å². The summed E-state index contributed by atoms with van der Waals surface area (Å²) < 4.78 is 18.8. The van der Waals surface area contributed by atoms with Crippen molar-refractivity contribution in [1.82, 2.24) is 0 Å². The first-order valence-electron chi connectivity index (χ1n) is 5.99. The first-order valence-corrected chi connectivity index (χ1v) is 5.99. The van der Waals surface area contributed by atoms with Crippen LogP contribution in [0.1, 0.15) is 5.56 Å². The molecule has 0 bridgehead atoms. The van der Waals surface area contributed by atoms with E-state index in [-0.39, 0.29) is 5.82 Å². The molecule has 0 unspecified atom stereocenters. The second-order valence-electron chi connectivity index (χ2n) is 4.40. The maximum atomic E-state index is 13.9. The van der Waals surface area contributed by atoms with Gasteiger partial charge in [-0.3, -0.25) is 0 Å². The van der Waals surface area contributed by atoms with Gasteiger partial charge in [0.2, 0.25) is 0 Å². The lowest BCUT2D eigenvalue weighted by Crippen LogP contribution is -2.17. The molecule has 0 heterocycles. The molecule has 100 valence electrons. The SMILES string of the molecule is COc1ccc(CN(C)c2ccc(N)cc2)c(F)c1. The number of nitrogen functional groups attached to an aromatic ring is 1. The van der Waals surface area contributed by atoms with E-state index in [1.54, 1.807) is 12.1 Å². The molecule has 0 aliphatic rings. The monoisotopic (exact) mass is 260 g/mol. The van der Waals surface area contributed by atoms with Gasteiger partial charge in [0, 0.05) is 36.6 Å². The van der Waals surface area contributed by atoms with Crippen molar-refractivity contribution in [3.63, 3.8) is 0 Å². The van der Waals surface area contributed by atoms with Gasteiger partial charge in [-0.25, -0.2) is 4.39 Å². The minimum Gasteiger partial charge on any atom is -0.497 e. The van der Waals surface area contributed by atoms with Crippen molar-refractivity contribution in [2.75, 3.05) is 24.8 Å². The van der Waals surface area contributed by atoms with Crippen molar-refractivity contribution < 1.29 is 9.13 Å². The Morgan fingerprint density at radius 3 is 2.42 bits per heavy atom. The van der Waals surface area contributed by atoms with E-state index in [1.807, 2.05) is 36.2 Å². The fourth-order valence-electron chi connectivity index (χ4n) is 1.86. The van der Waals surface area contributed by atoms with Crippen molar-refractivity contribution in [3.05, 3.63) is 53.8 Å². The number of benzene rings is 2. The number of nitrogens with zero attached hydrogens (tertiary/aromatic N) is 1. The average molecular weight is 260 g/mol. The number of rotatable bonds is 4. The molecule has 0 amide bonds. The maximum absolute atomic E-state index is 13.9. The molecule has 19 heavy (non-hydrogen) atoms. The number of ether oxygens (including phenoxy) is 1. The van der Waals surface area contributed by atoms with Crippen LogP contribution < -0.4 is 15.4 Å². The average Bonchev–Trinajstić information content (AvgIpc) is 2.41. The van der Waals surface area contributed by atoms with Gasteiger partial charge in [0.15, 0.2) is 0 Å². The first kappa shape index (κ1) is 13.2. The first-order chi connectivity index (χ1) is 9.10. The molecule has 4 heteroatoms. The zero-order valence-electron chi connectivity index (χ0n) is 11.1. The van der Waals surface area contributed by atoms with E-state index < -0.39 is 0 Å². The molecule has 3 nitrogen and oxygen atoms in total. The largest absolute Gasteiger partial charge is 0.497 e. The predicted molar refractivity (Wildman–Crippen MR) is 75.9 cm³/mol. The summed E-state index contributed by atoms with van der Waals surface area (Å²) in [5.41, 5.74) is 7.97. The van der Waals surface area contributed by atoms with Gasteiger partial charge in [0.05, 0.1) is 7.11 Å². The lowest BCUT2D eigenvalue weighted by molar-refractivity contribution is 0.410. The highest BCUT2D eigenvalue weighted by Gasteiger charge is 2.07. The van der Waals surface area contributed by atoms with Crippen LogP contribution in [0.3, 0.4) is 0 Å². The van der Waals surface area contributed by atoms with E-state index in [2.05, 4.69) is 0 Å². The molecule has 2 rings (SSSR count). The number of hydrogen-bond donors (Lipinski definition) is 1. The lowest BCUT2D eigenvalue weighted by atomic mass is 10.1. The van der Waals surface area contributed by atoms with Crippen LogP contribution in [0.15, 0.2) is 42.5 Å². The predicted octanol–water partition coefficient (Wildman–Crippen LogP) is 3.05. The Balaban J connectivity index is 2.14. The minimum absolute atomic E-state index is 0.262. The molecule has 0 aliphatic heterocycles. The van der Waals surface area contributed by atoms with Crippen LogP contribution >= 0.6 is 0 Å². The second kappa shape index (κ2) is 5.61. The Morgan fingerprint density at radius 1 is 1.16 bits per heavy atom. The fourth-order valence-corrected chi connectivity index (χ4v) is 1.86. The smallest absolute Gasteiger partial charge is 0.131 e. The summed E-state index contributed by atoms with van der Waals surface area (Å²) in [7, 11) is 3.43. The normalized spacial score (nSPS) is 10.3. The van der Waals surface area contributed by atoms with Crippen LogP contribution in [0.2, 0.25) is 0 Å². The van der Waals surface area contributed by atoms with Crippen molar-refractivity contribution in [2.24, 2.45) is 0 Å². The Hall–Kier alpha value is -2.23. The number of methoxy groups -OCH3 is 1. The van der Waals surface area contributed by atoms with Crippen LogP contribution in [0, 0.1) is 5.82 Å². The zero-order chi connectivity index (χ0) is 13.8. The topological polar surface area (TPSA) is 38.5 Å². The highest BCUT2D eigenvalue weighted by atomic mass is 19.1. The van der Waals surface area contributed by atoms with Crippen molar-refractivity contribution in [3.8, 4) is 5.75 Å². The Kier molecular flexibility index (Phi) is 3.90. The van der Waals surface area contributed by atoms with Crippen molar-refractivity contribution in [1.29, 1.82) is 0 Å². The summed E-state index contributed by atoms with van der Waals surface area (Å²) in [4.78, 5) is 1.96. The molecule has 0 saturated heterocycles. The number of hydrogen-bond acceptors (Lipinski definition) is 3. The molecule has 0 atom stereocenters. The van der Waals surface area contributed by atoms with Gasteiger partial charge in [-0.15, -0.1) is 0 Å².